The van der Waals surface area contributed by atoms with E-state index in [1.165, 1.54) is 0 Å². The summed E-state index contributed by atoms with van der Waals surface area (Å²) in [6.07, 6.45) is 1.77. The number of aromatic carboxylic acids is 1. The number of aryl methyl sites for hydroxylation is 1. The number of imidazole rings is 1. The first-order valence-corrected chi connectivity index (χ1v) is 6.47. The van der Waals surface area contributed by atoms with Crippen molar-refractivity contribution < 1.29 is 14.6 Å². The van der Waals surface area contributed by atoms with E-state index in [-0.39, 0.29) is 5.69 Å². The second-order valence-electron chi connectivity index (χ2n) is 4.75. The smallest absolute Gasteiger partial charge is 0.355 e. The molecule has 0 aliphatic rings. The van der Waals surface area contributed by atoms with Gasteiger partial charge in [-0.1, -0.05) is 18.2 Å². The van der Waals surface area contributed by atoms with Crippen LogP contribution in [0.1, 0.15) is 16.1 Å². The largest absolute Gasteiger partial charge is 0.496 e. The standard InChI is InChI=1S/C16H14N2O3/c1-10-7-8-13-17-14(15(16(19)20)18(13)9-10)11-5-3-4-6-12(11)21-2/h3-9H,1-2H3,(H,19,20). The topological polar surface area (TPSA) is 63.8 Å². The van der Waals surface area contributed by atoms with Crippen LogP contribution in [0.15, 0.2) is 42.6 Å². The van der Waals surface area contributed by atoms with Crippen LogP contribution in [0.3, 0.4) is 0 Å². The summed E-state index contributed by atoms with van der Waals surface area (Å²) in [6.45, 7) is 1.91. The molecule has 0 aliphatic heterocycles. The quantitative estimate of drug-likeness (QED) is 0.802. The summed E-state index contributed by atoms with van der Waals surface area (Å²) in [4.78, 5) is 16.1. The average Bonchev–Trinajstić information content (AvgIpc) is 2.85. The van der Waals surface area contributed by atoms with Crippen molar-refractivity contribution in [1.82, 2.24) is 9.38 Å². The van der Waals surface area contributed by atoms with Crippen molar-refractivity contribution in [3.05, 3.63) is 53.9 Å². The summed E-state index contributed by atoms with van der Waals surface area (Å²) in [5, 5.41) is 9.57. The molecule has 2 heterocycles. The van der Waals surface area contributed by atoms with Crippen molar-refractivity contribution in [3.63, 3.8) is 0 Å². The number of methoxy groups -OCH3 is 1. The minimum Gasteiger partial charge on any atom is -0.496 e. The van der Waals surface area contributed by atoms with Crippen LogP contribution in [-0.2, 0) is 0 Å². The van der Waals surface area contributed by atoms with E-state index in [1.54, 1.807) is 35.9 Å². The lowest BCUT2D eigenvalue weighted by Gasteiger charge is -2.06. The lowest BCUT2D eigenvalue weighted by molar-refractivity contribution is 0.0690. The lowest BCUT2D eigenvalue weighted by atomic mass is 10.1. The predicted molar refractivity (Wildman–Crippen MR) is 78.9 cm³/mol. The van der Waals surface area contributed by atoms with E-state index < -0.39 is 5.97 Å². The summed E-state index contributed by atoms with van der Waals surface area (Å²) in [5.41, 5.74) is 2.77. The fourth-order valence-corrected chi connectivity index (χ4v) is 2.38. The van der Waals surface area contributed by atoms with Crippen molar-refractivity contribution in [3.8, 4) is 17.0 Å². The van der Waals surface area contributed by atoms with Gasteiger partial charge in [-0.3, -0.25) is 4.40 Å². The maximum atomic E-state index is 11.7. The van der Waals surface area contributed by atoms with Crippen LogP contribution in [0.5, 0.6) is 5.75 Å². The molecular weight excluding hydrogens is 268 g/mol. The SMILES string of the molecule is COc1ccccc1-c1nc2ccc(C)cn2c1C(=O)O. The van der Waals surface area contributed by atoms with Gasteiger partial charge in [0.25, 0.3) is 0 Å². The zero-order chi connectivity index (χ0) is 15.0. The maximum absolute atomic E-state index is 11.7. The van der Waals surface area contributed by atoms with E-state index in [0.717, 1.165) is 5.56 Å². The second-order valence-corrected chi connectivity index (χ2v) is 4.75. The minimum atomic E-state index is -1.02. The molecule has 0 saturated heterocycles. The number of carboxylic acids is 1. The summed E-state index contributed by atoms with van der Waals surface area (Å²) in [7, 11) is 1.55. The van der Waals surface area contributed by atoms with Gasteiger partial charge in [0, 0.05) is 11.8 Å². The van der Waals surface area contributed by atoms with Crippen molar-refractivity contribution in [2.24, 2.45) is 0 Å². The Balaban J connectivity index is 2.37. The molecule has 0 unspecified atom stereocenters. The predicted octanol–water partition coefficient (Wildman–Crippen LogP) is 3.02. The fourth-order valence-electron chi connectivity index (χ4n) is 2.38. The van der Waals surface area contributed by atoms with Crippen molar-refractivity contribution >= 4 is 11.6 Å². The summed E-state index contributed by atoms with van der Waals surface area (Å²) >= 11 is 0. The number of carboxylic acid groups (broad SMARTS) is 1. The number of hydrogen-bond donors (Lipinski definition) is 1. The van der Waals surface area contributed by atoms with E-state index in [1.807, 2.05) is 25.1 Å². The first-order chi connectivity index (χ1) is 10.1. The van der Waals surface area contributed by atoms with Gasteiger partial charge in [-0.2, -0.15) is 0 Å². The van der Waals surface area contributed by atoms with E-state index in [0.29, 0.717) is 22.7 Å². The molecule has 0 bridgehead atoms. The van der Waals surface area contributed by atoms with E-state index in [9.17, 15) is 9.90 Å². The van der Waals surface area contributed by atoms with Gasteiger partial charge in [-0.15, -0.1) is 0 Å². The van der Waals surface area contributed by atoms with Crippen molar-refractivity contribution in [1.29, 1.82) is 0 Å². The van der Waals surface area contributed by atoms with Crippen LogP contribution in [0.2, 0.25) is 0 Å². The highest BCUT2D eigenvalue weighted by Crippen LogP contribution is 2.32. The molecule has 1 aromatic carbocycles. The Morgan fingerprint density at radius 3 is 2.71 bits per heavy atom. The fraction of sp³-hybridized carbons (Fsp3) is 0.125. The molecule has 2 aromatic heterocycles. The minimum absolute atomic E-state index is 0.137. The molecule has 3 aromatic rings. The molecule has 3 rings (SSSR count). The summed E-state index contributed by atoms with van der Waals surface area (Å²) in [6, 6.07) is 11.0. The summed E-state index contributed by atoms with van der Waals surface area (Å²) in [5.74, 6) is -0.422. The van der Waals surface area contributed by atoms with Crippen LogP contribution in [0, 0.1) is 6.92 Å². The van der Waals surface area contributed by atoms with Crippen molar-refractivity contribution in [2.75, 3.05) is 7.11 Å². The van der Waals surface area contributed by atoms with Gasteiger partial charge in [0.05, 0.1) is 7.11 Å². The zero-order valence-corrected chi connectivity index (χ0v) is 11.7. The molecule has 0 radical (unpaired) electrons. The van der Waals surface area contributed by atoms with Crippen LogP contribution in [0.25, 0.3) is 16.9 Å². The number of fused-ring (bicyclic) bond motifs is 1. The number of ether oxygens (including phenoxy) is 1. The summed E-state index contributed by atoms with van der Waals surface area (Å²) < 4.78 is 6.91. The Kier molecular flexibility index (Phi) is 3.10. The molecule has 106 valence electrons. The number of rotatable bonds is 3. The number of hydrogen-bond acceptors (Lipinski definition) is 3. The molecule has 0 saturated carbocycles. The van der Waals surface area contributed by atoms with E-state index in [2.05, 4.69) is 4.98 Å². The number of pyridine rings is 1. The number of benzene rings is 1. The molecule has 21 heavy (non-hydrogen) atoms. The van der Waals surface area contributed by atoms with E-state index >= 15 is 0 Å². The third-order valence-corrected chi connectivity index (χ3v) is 3.33. The second kappa shape index (κ2) is 4.94. The highest BCUT2D eigenvalue weighted by Gasteiger charge is 2.22. The first kappa shape index (κ1) is 13.2. The number of para-hydroxylation sites is 1. The molecular formula is C16H14N2O3. The van der Waals surface area contributed by atoms with Crippen LogP contribution in [0.4, 0.5) is 0 Å². The van der Waals surface area contributed by atoms with Gasteiger partial charge in [-0.25, -0.2) is 9.78 Å². The molecule has 0 aliphatic carbocycles. The molecule has 0 atom stereocenters. The normalized spacial score (nSPS) is 10.8. The van der Waals surface area contributed by atoms with Gasteiger partial charge in [-0.05, 0) is 30.7 Å². The van der Waals surface area contributed by atoms with E-state index in [4.69, 9.17) is 4.74 Å². The Labute approximate surface area is 121 Å². The Hall–Kier alpha value is -2.82. The monoisotopic (exact) mass is 282 g/mol. The van der Waals surface area contributed by atoms with Crippen LogP contribution >= 0.6 is 0 Å². The number of nitrogens with zero attached hydrogens (tertiary/aromatic N) is 2. The third kappa shape index (κ3) is 2.12. The van der Waals surface area contributed by atoms with Gasteiger partial charge < -0.3 is 9.84 Å². The highest BCUT2D eigenvalue weighted by atomic mass is 16.5. The average molecular weight is 282 g/mol. The molecule has 5 heteroatoms. The maximum Gasteiger partial charge on any atom is 0.355 e. The third-order valence-electron chi connectivity index (χ3n) is 3.33. The molecule has 5 nitrogen and oxygen atoms in total. The Morgan fingerprint density at radius 1 is 1.24 bits per heavy atom. The van der Waals surface area contributed by atoms with Gasteiger partial charge in [0.15, 0.2) is 5.69 Å². The molecule has 0 amide bonds. The molecule has 0 fully saturated rings. The van der Waals surface area contributed by atoms with Gasteiger partial charge >= 0.3 is 5.97 Å². The Bertz CT molecular complexity index is 837. The van der Waals surface area contributed by atoms with Crippen molar-refractivity contribution in [2.45, 2.75) is 6.92 Å². The number of carbonyl (C=O) groups is 1. The van der Waals surface area contributed by atoms with Gasteiger partial charge in [0.2, 0.25) is 0 Å². The lowest BCUT2D eigenvalue weighted by Crippen LogP contribution is -2.04. The zero-order valence-electron chi connectivity index (χ0n) is 11.7. The highest BCUT2D eigenvalue weighted by molar-refractivity contribution is 5.95. The molecule has 0 spiro atoms. The Morgan fingerprint density at radius 2 is 2.00 bits per heavy atom. The first-order valence-electron chi connectivity index (χ1n) is 6.47. The van der Waals surface area contributed by atoms with Gasteiger partial charge in [0.1, 0.15) is 17.1 Å². The van der Waals surface area contributed by atoms with Crippen LogP contribution in [-0.4, -0.2) is 27.6 Å². The van der Waals surface area contributed by atoms with Crippen LogP contribution < -0.4 is 4.74 Å². The molecule has 1 N–H and O–H groups in total. The number of aromatic nitrogens is 2.